The second kappa shape index (κ2) is 6.48. The first kappa shape index (κ1) is 13.0. The summed E-state index contributed by atoms with van der Waals surface area (Å²) >= 11 is 3.35. The summed E-state index contributed by atoms with van der Waals surface area (Å²) in [5.41, 5.74) is 0.976. The van der Waals surface area contributed by atoms with Gasteiger partial charge in [-0.25, -0.2) is 4.79 Å². The van der Waals surface area contributed by atoms with Crippen LogP contribution in [0.4, 0.5) is 0 Å². The Labute approximate surface area is 104 Å². The summed E-state index contributed by atoms with van der Waals surface area (Å²) in [6.07, 6.45) is 4.01. The topological polar surface area (TPSA) is 26.3 Å². The monoisotopic (exact) mass is 282 g/mol. The first-order valence-electron chi connectivity index (χ1n) is 5.26. The molecule has 2 nitrogen and oxygen atoms in total. The first-order chi connectivity index (χ1) is 7.61. The van der Waals surface area contributed by atoms with Crippen molar-refractivity contribution in [1.29, 1.82) is 0 Å². The van der Waals surface area contributed by atoms with Crippen molar-refractivity contribution in [2.24, 2.45) is 0 Å². The molecule has 0 bridgehead atoms. The number of hydrogen-bond acceptors (Lipinski definition) is 2. The van der Waals surface area contributed by atoms with E-state index in [0.29, 0.717) is 0 Å². The molecular weight excluding hydrogens is 268 g/mol. The molecule has 1 atom stereocenters. The molecule has 1 unspecified atom stereocenters. The van der Waals surface area contributed by atoms with E-state index < -0.39 is 0 Å². The molecule has 16 heavy (non-hydrogen) atoms. The number of halogens is 1. The molecule has 0 fully saturated rings. The number of rotatable bonds is 4. The van der Waals surface area contributed by atoms with Crippen LogP contribution in [-0.2, 0) is 9.53 Å². The average Bonchev–Trinajstić information content (AvgIpc) is 2.28. The number of ether oxygens (including phenoxy) is 1. The zero-order valence-electron chi connectivity index (χ0n) is 9.44. The Morgan fingerprint density at radius 2 is 2.06 bits per heavy atom. The van der Waals surface area contributed by atoms with Gasteiger partial charge in [0.1, 0.15) is 0 Å². The van der Waals surface area contributed by atoms with Crippen LogP contribution in [0.3, 0.4) is 0 Å². The number of benzene rings is 1. The molecule has 0 amide bonds. The Morgan fingerprint density at radius 1 is 1.44 bits per heavy atom. The Morgan fingerprint density at radius 3 is 2.62 bits per heavy atom. The van der Waals surface area contributed by atoms with Crippen molar-refractivity contribution in [3.8, 4) is 0 Å². The van der Waals surface area contributed by atoms with Crippen molar-refractivity contribution in [2.45, 2.75) is 26.4 Å². The van der Waals surface area contributed by atoms with Crippen LogP contribution < -0.4 is 0 Å². The molecule has 0 radical (unpaired) electrons. The maximum Gasteiger partial charge on any atom is 0.331 e. The van der Waals surface area contributed by atoms with Crippen molar-refractivity contribution in [3.05, 3.63) is 40.4 Å². The third-order valence-corrected chi connectivity index (χ3v) is 2.70. The van der Waals surface area contributed by atoms with Crippen LogP contribution in [0.25, 0.3) is 6.08 Å². The summed E-state index contributed by atoms with van der Waals surface area (Å²) < 4.78 is 6.13. The fraction of sp³-hybridized carbons (Fsp3) is 0.308. The molecule has 0 aliphatic carbocycles. The van der Waals surface area contributed by atoms with Crippen LogP contribution in [0, 0.1) is 0 Å². The minimum absolute atomic E-state index is 0.0259. The Kier molecular flexibility index (Phi) is 5.26. The standard InChI is InChI=1S/C13H15BrO2/c1-3-10(2)16-13(15)9-6-11-4-7-12(14)8-5-11/h4-10H,3H2,1-2H3/b9-6+. The lowest BCUT2D eigenvalue weighted by Crippen LogP contribution is -2.11. The fourth-order valence-corrected chi connectivity index (χ4v) is 1.32. The van der Waals surface area contributed by atoms with Crippen molar-refractivity contribution in [3.63, 3.8) is 0 Å². The zero-order valence-corrected chi connectivity index (χ0v) is 11.0. The van der Waals surface area contributed by atoms with E-state index in [0.717, 1.165) is 16.5 Å². The van der Waals surface area contributed by atoms with Gasteiger partial charge in [-0.3, -0.25) is 0 Å². The van der Waals surface area contributed by atoms with E-state index in [2.05, 4.69) is 15.9 Å². The predicted octanol–water partition coefficient (Wildman–Crippen LogP) is 3.80. The number of esters is 1. The Hall–Kier alpha value is -1.09. The summed E-state index contributed by atoms with van der Waals surface area (Å²) in [6, 6.07) is 7.72. The molecule has 0 saturated carbocycles. The summed E-state index contributed by atoms with van der Waals surface area (Å²) in [4.78, 5) is 11.3. The van der Waals surface area contributed by atoms with E-state index in [-0.39, 0.29) is 12.1 Å². The lowest BCUT2D eigenvalue weighted by molar-refractivity contribution is -0.142. The average molecular weight is 283 g/mol. The minimum atomic E-state index is -0.294. The van der Waals surface area contributed by atoms with Gasteiger partial charge in [0, 0.05) is 10.5 Å². The Balaban J connectivity index is 2.53. The molecule has 1 aromatic carbocycles. The lowest BCUT2D eigenvalue weighted by Gasteiger charge is -2.07. The van der Waals surface area contributed by atoms with E-state index in [4.69, 9.17) is 4.74 Å². The highest BCUT2D eigenvalue weighted by Gasteiger charge is 2.02. The fourth-order valence-electron chi connectivity index (χ4n) is 1.06. The second-order valence-electron chi connectivity index (χ2n) is 3.54. The van der Waals surface area contributed by atoms with Gasteiger partial charge in [0.25, 0.3) is 0 Å². The number of carbonyl (C=O) groups is 1. The maximum absolute atomic E-state index is 11.3. The van der Waals surface area contributed by atoms with Crippen LogP contribution >= 0.6 is 15.9 Å². The van der Waals surface area contributed by atoms with E-state index in [1.54, 1.807) is 6.08 Å². The smallest absolute Gasteiger partial charge is 0.331 e. The number of hydrogen-bond donors (Lipinski definition) is 0. The summed E-state index contributed by atoms with van der Waals surface area (Å²) in [5, 5.41) is 0. The zero-order chi connectivity index (χ0) is 12.0. The van der Waals surface area contributed by atoms with Crippen LogP contribution in [0.5, 0.6) is 0 Å². The molecule has 0 spiro atoms. The van der Waals surface area contributed by atoms with Gasteiger partial charge in [0.05, 0.1) is 6.10 Å². The largest absolute Gasteiger partial charge is 0.460 e. The molecule has 0 aliphatic heterocycles. The lowest BCUT2D eigenvalue weighted by atomic mass is 10.2. The molecule has 0 N–H and O–H groups in total. The van der Waals surface area contributed by atoms with E-state index in [9.17, 15) is 4.79 Å². The van der Waals surface area contributed by atoms with Crippen LogP contribution in [-0.4, -0.2) is 12.1 Å². The van der Waals surface area contributed by atoms with Crippen LogP contribution in [0.15, 0.2) is 34.8 Å². The van der Waals surface area contributed by atoms with Crippen LogP contribution in [0.2, 0.25) is 0 Å². The molecular formula is C13H15BrO2. The van der Waals surface area contributed by atoms with E-state index in [1.165, 1.54) is 6.08 Å². The summed E-state index contributed by atoms with van der Waals surface area (Å²) in [7, 11) is 0. The molecule has 0 saturated heterocycles. The van der Waals surface area contributed by atoms with Crippen molar-refractivity contribution >= 4 is 28.0 Å². The van der Waals surface area contributed by atoms with Crippen LogP contribution in [0.1, 0.15) is 25.8 Å². The van der Waals surface area contributed by atoms with Gasteiger partial charge in [-0.1, -0.05) is 35.0 Å². The molecule has 0 aromatic heterocycles. The van der Waals surface area contributed by atoms with Crippen molar-refractivity contribution in [2.75, 3.05) is 0 Å². The SMILES string of the molecule is CCC(C)OC(=O)/C=C/c1ccc(Br)cc1. The normalized spacial score (nSPS) is 12.7. The van der Waals surface area contributed by atoms with E-state index in [1.807, 2.05) is 38.1 Å². The first-order valence-corrected chi connectivity index (χ1v) is 6.05. The van der Waals surface area contributed by atoms with Gasteiger partial charge in [-0.05, 0) is 37.1 Å². The van der Waals surface area contributed by atoms with Gasteiger partial charge < -0.3 is 4.74 Å². The highest BCUT2D eigenvalue weighted by molar-refractivity contribution is 9.10. The maximum atomic E-state index is 11.3. The minimum Gasteiger partial charge on any atom is -0.460 e. The molecule has 86 valence electrons. The van der Waals surface area contributed by atoms with Gasteiger partial charge in [-0.2, -0.15) is 0 Å². The quantitative estimate of drug-likeness (QED) is 0.620. The van der Waals surface area contributed by atoms with Gasteiger partial charge in [-0.15, -0.1) is 0 Å². The third kappa shape index (κ3) is 4.62. The summed E-state index contributed by atoms with van der Waals surface area (Å²) in [5.74, 6) is -0.294. The molecule has 1 rings (SSSR count). The summed E-state index contributed by atoms with van der Waals surface area (Å²) in [6.45, 7) is 3.86. The van der Waals surface area contributed by atoms with Gasteiger partial charge in [0.15, 0.2) is 0 Å². The second-order valence-corrected chi connectivity index (χ2v) is 4.46. The molecule has 0 aliphatic rings. The molecule has 0 heterocycles. The third-order valence-electron chi connectivity index (χ3n) is 2.17. The highest BCUT2D eigenvalue weighted by Crippen LogP contribution is 2.11. The van der Waals surface area contributed by atoms with Crippen molar-refractivity contribution in [1.82, 2.24) is 0 Å². The number of carbonyl (C=O) groups excluding carboxylic acids is 1. The molecule has 3 heteroatoms. The van der Waals surface area contributed by atoms with Gasteiger partial charge in [0.2, 0.25) is 0 Å². The van der Waals surface area contributed by atoms with Gasteiger partial charge >= 0.3 is 5.97 Å². The highest BCUT2D eigenvalue weighted by atomic mass is 79.9. The Bertz CT molecular complexity index is 368. The predicted molar refractivity (Wildman–Crippen MR) is 69.0 cm³/mol. The molecule has 1 aromatic rings. The van der Waals surface area contributed by atoms with Crippen molar-refractivity contribution < 1.29 is 9.53 Å². The van der Waals surface area contributed by atoms with E-state index >= 15 is 0 Å².